The van der Waals surface area contributed by atoms with Gasteiger partial charge < -0.3 is 77.8 Å². The average molecular weight is 1170 g/mol. The number of hydrogen-bond donors (Lipinski definition) is 11. The molecule has 5 amide bonds. The molecule has 5 rings (SSSR count). The van der Waals surface area contributed by atoms with Crippen molar-refractivity contribution >= 4 is 88.6 Å². The van der Waals surface area contributed by atoms with Crippen LogP contribution in [0.4, 0.5) is 5.69 Å². The van der Waals surface area contributed by atoms with Crippen molar-refractivity contribution in [1.82, 2.24) is 31.9 Å². The molecule has 13 N–H and O–H groups in total. The van der Waals surface area contributed by atoms with Gasteiger partial charge in [-0.3, -0.25) is 28.8 Å². The summed E-state index contributed by atoms with van der Waals surface area (Å²) in [6.07, 6.45) is 12.3. The molecular weight excluding hydrogens is 1090 g/mol. The van der Waals surface area contributed by atoms with Gasteiger partial charge in [-0.1, -0.05) is 18.8 Å². The Balaban J connectivity index is 1.03. The summed E-state index contributed by atoms with van der Waals surface area (Å²) in [6, 6.07) is 2.81. The summed E-state index contributed by atoms with van der Waals surface area (Å²) in [4.78, 5) is 110. The van der Waals surface area contributed by atoms with E-state index in [-0.39, 0.29) is 151 Å². The maximum absolute atomic E-state index is 13.5. The zero-order chi connectivity index (χ0) is 58.4. The second kappa shape index (κ2) is 36.2. The van der Waals surface area contributed by atoms with E-state index in [1.807, 2.05) is 23.5 Å². The Kier molecular flexibility index (Phi) is 29.3. The number of carbonyl (C=O) groups excluding carboxylic acids is 6. The maximum Gasteiger partial charge on any atom is 0.326 e. The van der Waals surface area contributed by atoms with Crippen LogP contribution in [0, 0.1) is 12.3 Å². The van der Waals surface area contributed by atoms with Crippen molar-refractivity contribution in [3.8, 4) is 12.3 Å². The van der Waals surface area contributed by atoms with Crippen LogP contribution in [-0.4, -0.2) is 187 Å². The lowest BCUT2D eigenvalue weighted by Gasteiger charge is -2.16. The van der Waals surface area contributed by atoms with E-state index >= 15 is 0 Å². The molecule has 0 aliphatic carbocycles. The van der Waals surface area contributed by atoms with Crippen LogP contribution < -0.4 is 48.7 Å². The summed E-state index contributed by atoms with van der Waals surface area (Å²) in [5.41, 5.74) is 12.0. The van der Waals surface area contributed by atoms with Gasteiger partial charge in [-0.05, 0) is 88.8 Å². The third kappa shape index (κ3) is 24.3. The molecule has 0 spiro atoms. The van der Waals surface area contributed by atoms with Gasteiger partial charge in [0.05, 0.1) is 63.6 Å². The number of esters is 1. The molecule has 8 unspecified atom stereocenters. The third-order valence-corrected chi connectivity index (χ3v) is 16.7. The molecule has 1 aromatic carbocycles. The molecule has 0 radical (unpaired) electrons. The number of thioether (sulfide) groups is 2. The zero-order valence-corrected chi connectivity index (χ0v) is 47.5. The van der Waals surface area contributed by atoms with E-state index in [4.69, 9.17) is 36.8 Å². The fourth-order valence-corrected chi connectivity index (χ4v) is 12.6. The minimum absolute atomic E-state index is 0.0569. The van der Waals surface area contributed by atoms with Gasteiger partial charge in [0.2, 0.25) is 17.7 Å². The SMILES string of the molecule is C#CCOC(=O)CCOCCOCCOCCCC(=O)Nc1cc(C(=O)NCCCCC(NC(=O)CCCCC2SCC3NC(N)=NC32)C(=O)O)cc(C(=O)NCCCCC(NC(=O)CCCCC2SCC3NC(N)=NC32)C(=O)O)c1. The van der Waals surface area contributed by atoms with Gasteiger partial charge >= 0.3 is 17.9 Å². The van der Waals surface area contributed by atoms with Gasteiger partial charge in [0.1, 0.15) is 12.1 Å². The van der Waals surface area contributed by atoms with Crippen LogP contribution in [-0.2, 0) is 47.7 Å². The highest BCUT2D eigenvalue weighted by Crippen LogP contribution is 2.36. The van der Waals surface area contributed by atoms with Crippen molar-refractivity contribution in [3.63, 3.8) is 0 Å². The van der Waals surface area contributed by atoms with Crippen LogP contribution in [0.1, 0.15) is 130 Å². The van der Waals surface area contributed by atoms with Crippen molar-refractivity contribution in [2.24, 2.45) is 21.5 Å². The van der Waals surface area contributed by atoms with Crippen LogP contribution in [0.25, 0.3) is 0 Å². The average Bonchev–Trinajstić information content (AvgIpc) is 4.29. The van der Waals surface area contributed by atoms with E-state index in [1.54, 1.807) is 0 Å². The largest absolute Gasteiger partial charge is 0.480 e. The first kappa shape index (κ1) is 65.5. The van der Waals surface area contributed by atoms with E-state index in [2.05, 4.69) is 53.1 Å². The van der Waals surface area contributed by atoms with Crippen molar-refractivity contribution in [2.75, 3.05) is 76.2 Å². The highest BCUT2D eigenvalue weighted by Gasteiger charge is 2.41. The number of nitrogens with two attached hydrogens (primary N) is 2. The maximum atomic E-state index is 13.5. The molecule has 0 aromatic heterocycles. The third-order valence-electron chi connectivity index (χ3n) is 13.7. The van der Waals surface area contributed by atoms with Crippen LogP contribution in [0.3, 0.4) is 0 Å². The summed E-state index contributed by atoms with van der Waals surface area (Å²) < 4.78 is 21.1. The molecule has 8 atom stereocenters. The first-order valence-corrected chi connectivity index (χ1v) is 30.0. The monoisotopic (exact) mass is 1170 g/mol. The zero-order valence-electron chi connectivity index (χ0n) is 45.9. The van der Waals surface area contributed by atoms with Crippen LogP contribution >= 0.6 is 23.5 Å². The Morgan fingerprint density at radius 2 is 1.09 bits per heavy atom. The summed E-state index contributed by atoms with van der Waals surface area (Å²) in [5, 5.41) is 40.3. The number of benzene rings is 1. The molecule has 2 fully saturated rings. The Hall–Kier alpha value is -6.34. The topological polar surface area (TPSA) is 375 Å². The number of carboxylic acid groups (broad SMARTS) is 2. The molecule has 81 heavy (non-hydrogen) atoms. The van der Waals surface area contributed by atoms with E-state index in [9.17, 15) is 48.6 Å². The molecule has 4 heterocycles. The fraction of sp³-hybridized carbons (Fsp3) is 0.667. The van der Waals surface area contributed by atoms with E-state index in [0.29, 0.717) is 67.4 Å². The van der Waals surface area contributed by atoms with Crippen molar-refractivity contribution < 1.29 is 67.5 Å². The molecule has 2 saturated heterocycles. The number of nitrogens with zero attached hydrogens (tertiary/aromatic N) is 2. The lowest BCUT2D eigenvalue weighted by atomic mass is 10.0. The number of hydrogen-bond acceptors (Lipinski definition) is 20. The van der Waals surface area contributed by atoms with Crippen molar-refractivity contribution in [3.05, 3.63) is 29.3 Å². The highest BCUT2D eigenvalue weighted by atomic mass is 32.2. The number of rotatable bonds is 41. The minimum atomic E-state index is -1.16. The first-order valence-electron chi connectivity index (χ1n) is 27.9. The van der Waals surface area contributed by atoms with Crippen LogP contribution in [0.2, 0.25) is 0 Å². The summed E-state index contributed by atoms with van der Waals surface area (Å²) in [6.45, 7) is 1.74. The van der Waals surface area contributed by atoms with Gasteiger partial charge in [0.15, 0.2) is 18.5 Å². The number of guanidine groups is 2. The number of ether oxygens (including phenoxy) is 4. The Bertz CT molecular complexity index is 2250. The molecule has 0 saturated carbocycles. The smallest absolute Gasteiger partial charge is 0.326 e. The molecule has 448 valence electrons. The lowest BCUT2D eigenvalue weighted by molar-refractivity contribution is -0.143. The number of aliphatic imine (C=N–C) groups is 2. The molecule has 4 aliphatic rings. The van der Waals surface area contributed by atoms with Gasteiger partial charge in [-0.2, -0.15) is 23.5 Å². The van der Waals surface area contributed by atoms with Gasteiger partial charge in [0.25, 0.3) is 11.8 Å². The number of amides is 5. The fourth-order valence-electron chi connectivity index (χ4n) is 9.53. The first-order chi connectivity index (χ1) is 39.1. The summed E-state index contributed by atoms with van der Waals surface area (Å²) in [5.74, 6) is 0.0566. The van der Waals surface area contributed by atoms with Gasteiger partial charge in [0, 0.05) is 77.8 Å². The Morgan fingerprint density at radius 1 is 0.617 bits per heavy atom. The van der Waals surface area contributed by atoms with Crippen LogP contribution in [0.15, 0.2) is 28.2 Å². The number of nitrogens with one attached hydrogen (secondary N) is 7. The quantitative estimate of drug-likeness (QED) is 0.0252. The second-order valence-corrected chi connectivity index (χ2v) is 22.6. The lowest BCUT2D eigenvalue weighted by Crippen LogP contribution is -2.40. The molecule has 25 nitrogen and oxygen atoms in total. The van der Waals surface area contributed by atoms with E-state index in [0.717, 1.165) is 37.2 Å². The normalized spacial score (nSPS) is 20.2. The number of carbonyl (C=O) groups is 8. The number of anilines is 1. The Labute approximate surface area is 481 Å². The summed E-state index contributed by atoms with van der Waals surface area (Å²) >= 11 is 3.68. The number of fused-ring (bicyclic) bond motifs is 2. The number of terminal acetylenes is 1. The molecule has 1 aromatic rings. The van der Waals surface area contributed by atoms with Gasteiger partial charge in [-0.25, -0.2) is 19.6 Å². The predicted octanol–water partition coefficient (Wildman–Crippen LogP) is 1.62. The molecular formula is C54H81N11O14S2. The van der Waals surface area contributed by atoms with E-state index < -0.39 is 47.7 Å². The molecule has 27 heteroatoms. The molecule has 4 aliphatic heterocycles. The Morgan fingerprint density at radius 3 is 1.57 bits per heavy atom. The van der Waals surface area contributed by atoms with E-state index in [1.165, 1.54) is 18.2 Å². The number of aliphatic carboxylic acids is 2. The summed E-state index contributed by atoms with van der Waals surface area (Å²) in [7, 11) is 0. The van der Waals surface area contributed by atoms with Gasteiger partial charge in [-0.15, -0.1) is 6.42 Å². The number of unbranched alkanes of at least 4 members (excludes halogenated alkanes) is 4. The predicted molar refractivity (Wildman–Crippen MR) is 307 cm³/mol. The number of carboxylic acids is 2. The minimum Gasteiger partial charge on any atom is -0.480 e. The highest BCUT2D eigenvalue weighted by molar-refractivity contribution is 8.00. The second-order valence-electron chi connectivity index (χ2n) is 20.1. The van der Waals surface area contributed by atoms with Crippen LogP contribution in [0.5, 0.6) is 0 Å². The van der Waals surface area contributed by atoms with Crippen molar-refractivity contribution in [2.45, 2.75) is 156 Å². The van der Waals surface area contributed by atoms with Crippen molar-refractivity contribution in [1.29, 1.82) is 0 Å². The standard InChI is InChI=1S/C54H81N11O14S2/c1-2-22-79-46(69)19-24-77-26-28-78-27-25-76-23-11-18-43(66)59-36-30-34(49(70)57-20-9-7-12-37(51(72)73)60-44(67)16-5-3-14-41-47-39(32-80-41)62-53(55)64-47)29-35(31-36)50(71)58-21-10-8-13-38(52(74)75)61-45(68)17-6-4-15-42-48-40(33-81-42)63-54(56)65-48/h1,29-31,37-42,47-48H,3-28,32-33H2,(H,57,70)(H,58,71)(H,59,66)(H,60,67)(H,61,68)(H,72,73)(H,74,75)(H3,55,62,64)(H3,56,63,65). The molecule has 0 bridgehead atoms.